The van der Waals surface area contributed by atoms with Crippen LogP contribution in [0.2, 0.25) is 0 Å². The second-order valence-electron chi connectivity index (χ2n) is 5.53. The fraction of sp³-hybridized carbons (Fsp3) is 0.857. The molecule has 0 bridgehead atoms. The van der Waals surface area contributed by atoms with E-state index in [4.69, 9.17) is 5.73 Å². The van der Waals surface area contributed by atoms with Crippen LogP contribution in [-0.4, -0.2) is 21.5 Å². The molecule has 102 valence electrons. The van der Waals surface area contributed by atoms with Gasteiger partial charge in [0.2, 0.25) is 0 Å². The maximum absolute atomic E-state index is 5.50. The number of nitrogens with zero attached hydrogens (tertiary/aromatic N) is 3. The fourth-order valence-electron chi connectivity index (χ4n) is 2.93. The Kier molecular flexibility index (Phi) is 5.17. The molecule has 18 heavy (non-hydrogen) atoms. The minimum Gasteiger partial charge on any atom is -0.330 e. The van der Waals surface area contributed by atoms with E-state index in [1.54, 1.807) is 0 Å². The SMILES string of the molecule is CCC1CCCC(n2cc(CCCCN)nn2)C1. The average molecular weight is 250 g/mol. The lowest BCUT2D eigenvalue weighted by Crippen LogP contribution is -2.19. The lowest BCUT2D eigenvalue weighted by molar-refractivity contribution is 0.245. The summed E-state index contributed by atoms with van der Waals surface area (Å²) in [5.74, 6) is 0.883. The topological polar surface area (TPSA) is 56.7 Å². The van der Waals surface area contributed by atoms with E-state index in [0.29, 0.717) is 6.04 Å². The fourth-order valence-corrected chi connectivity index (χ4v) is 2.93. The van der Waals surface area contributed by atoms with Gasteiger partial charge in [-0.2, -0.15) is 0 Å². The lowest BCUT2D eigenvalue weighted by atomic mass is 9.84. The van der Waals surface area contributed by atoms with E-state index in [2.05, 4.69) is 28.1 Å². The monoisotopic (exact) mass is 250 g/mol. The van der Waals surface area contributed by atoms with Gasteiger partial charge in [0.25, 0.3) is 0 Å². The first-order valence-electron chi connectivity index (χ1n) is 7.44. The van der Waals surface area contributed by atoms with E-state index in [0.717, 1.165) is 37.4 Å². The summed E-state index contributed by atoms with van der Waals surface area (Å²) < 4.78 is 2.11. The molecule has 2 unspecified atom stereocenters. The largest absolute Gasteiger partial charge is 0.330 e. The standard InChI is InChI=1S/C14H26N4/c1-2-12-6-5-8-14(10-12)18-11-13(16-17-18)7-3-4-9-15/h11-12,14H,2-10,15H2,1H3. The van der Waals surface area contributed by atoms with E-state index >= 15 is 0 Å². The van der Waals surface area contributed by atoms with E-state index in [1.165, 1.54) is 32.1 Å². The van der Waals surface area contributed by atoms with Gasteiger partial charge in [-0.1, -0.05) is 31.4 Å². The van der Waals surface area contributed by atoms with Crippen molar-refractivity contribution in [1.29, 1.82) is 0 Å². The highest BCUT2D eigenvalue weighted by Crippen LogP contribution is 2.33. The molecule has 2 atom stereocenters. The number of aryl methyl sites for hydroxylation is 1. The van der Waals surface area contributed by atoms with Crippen LogP contribution in [-0.2, 0) is 6.42 Å². The minimum absolute atomic E-state index is 0.583. The van der Waals surface area contributed by atoms with Crippen LogP contribution in [0.4, 0.5) is 0 Å². The highest BCUT2D eigenvalue weighted by molar-refractivity contribution is 4.94. The Morgan fingerprint density at radius 2 is 2.28 bits per heavy atom. The maximum Gasteiger partial charge on any atom is 0.0827 e. The molecule has 1 aliphatic rings. The van der Waals surface area contributed by atoms with Crippen LogP contribution in [0.15, 0.2) is 6.20 Å². The zero-order chi connectivity index (χ0) is 12.8. The van der Waals surface area contributed by atoms with Crippen molar-refractivity contribution in [3.63, 3.8) is 0 Å². The molecule has 0 aliphatic heterocycles. The molecule has 0 radical (unpaired) electrons. The molecule has 0 saturated heterocycles. The van der Waals surface area contributed by atoms with Gasteiger partial charge in [0.1, 0.15) is 0 Å². The van der Waals surface area contributed by atoms with E-state index in [9.17, 15) is 0 Å². The number of rotatable bonds is 6. The number of nitrogens with two attached hydrogens (primary N) is 1. The first-order valence-corrected chi connectivity index (χ1v) is 7.44. The molecule has 1 aliphatic carbocycles. The van der Waals surface area contributed by atoms with Crippen LogP contribution in [0.1, 0.15) is 63.6 Å². The average Bonchev–Trinajstić information content (AvgIpc) is 2.88. The van der Waals surface area contributed by atoms with E-state index < -0.39 is 0 Å². The van der Waals surface area contributed by atoms with Crippen molar-refractivity contribution in [2.24, 2.45) is 11.7 Å². The molecule has 4 nitrogen and oxygen atoms in total. The molecule has 0 amide bonds. The summed E-state index contributed by atoms with van der Waals surface area (Å²) in [5, 5.41) is 8.61. The Morgan fingerprint density at radius 1 is 1.39 bits per heavy atom. The normalized spacial score (nSPS) is 24.3. The third-order valence-electron chi connectivity index (χ3n) is 4.15. The van der Waals surface area contributed by atoms with Gasteiger partial charge in [0.05, 0.1) is 11.7 Å². The molecule has 4 heteroatoms. The zero-order valence-electron chi connectivity index (χ0n) is 11.5. The Hall–Kier alpha value is -0.900. The predicted octanol–water partition coefficient (Wildman–Crippen LogP) is 2.70. The van der Waals surface area contributed by atoms with Crippen LogP contribution >= 0.6 is 0 Å². The van der Waals surface area contributed by atoms with Crippen molar-refractivity contribution in [3.8, 4) is 0 Å². The van der Waals surface area contributed by atoms with Crippen LogP contribution in [0.25, 0.3) is 0 Å². The summed E-state index contributed by atoms with van der Waals surface area (Å²) in [6.07, 6.45) is 11.9. The van der Waals surface area contributed by atoms with Crippen LogP contribution in [0.5, 0.6) is 0 Å². The Balaban J connectivity index is 1.88. The minimum atomic E-state index is 0.583. The van der Waals surface area contributed by atoms with Crippen LogP contribution in [0, 0.1) is 5.92 Å². The van der Waals surface area contributed by atoms with Gasteiger partial charge in [-0.15, -0.1) is 5.10 Å². The highest BCUT2D eigenvalue weighted by atomic mass is 15.4. The van der Waals surface area contributed by atoms with Gasteiger partial charge in [0.15, 0.2) is 0 Å². The number of hydrogen-bond donors (Lipinski definition) is 1. The zero-order valence-corrected chi connectivity index (χ0v) is 11.5. The molecule has 1 saturated carbocycles. The summed E-state index contributed by atoms with van der Waals surface area (Å²) in [6.45, 7) is 3.07. The predicted molar refractivity (Wildman–Crippen MR) is 73.3 cm³/mol. The van der Waals surface area contributed by atoms with Gasteiger partial charge in [-0.3, -0.25) is 0 Å². The van der Waals surface area contributed by atoms with Crippen molar-refractivity contribution in [2.75, 3.05) is 6.54 Å². The quantitative estimate of drug-likeness (QED) is 0.790. The molecule has 1 aromatic heterocycles. The Morgan fingerprint density at radius 3 is 3.06 bits per heavy atom. The third kappa shape index (κ3) is 3.55. The lowest BCUT2D eigenvalue weighted by Gasteiger charge is -2.28. The maximum atomic E-state index is 5.50. The molecule has 0 spiro atoms. The van der Waals surface area contributed by atoms with Crippen molar-refractivity contribution in [1.82, 2.24) is 15.0 Å². The Labute approximate surface area is 110 Å². The van der Waals surface area contributed by atoms with Crippen LogP contribution in [0.3, 0.4) is 0 Å². The van der Waals surface area contributed by atoms with Gasteiger partial charge >= 0.3 is 0 Å². The summed E-state index contributed by atoms with van der Waals surface area (Å²) in [6, 6.07) is 0.583. The third-order valence-corrected chi connectivity index (χ3v) is 4.15. The summed E-state index contributed by atoms with van der Waals surface area (Å²) in [5.41, 5.74) is 6.63. The van der Waals surface area contributed by atoms with Gasteiger partial charge in [-0.05, 0) is 44.6 Å². The molecule has 1 fully saturated rings. The molecule has 1 heterocycles. The Bertz CT molecular complexity index is 347. The van der Waals surface area contributed by atoms with Crippen molar-refractivity contribution < 1.29 is 0 Å². The van der Waals surface area contributed by atoms with Gasteiger partial charge in [-0.25, -0.2) is 4.68 Å². The summed E-state index contributed by atoms with van der Waals surface area (Å²) >= 11 is 0. The summed E-state index contributed by atoms with van der Waals surface area (Å²) in [7, 11) is 0. The second kappa shape index (κ2) is 6.88. The van der Waals surface area contributed by atoms with Crippen molar-refractivity contribution >= 4 is 0 Å². The number of hydrogen-bond acceptors (Lipinski definition) is 3. The molecule has 2 N–H and O–H groups in total. The second-order valence-corrected chi connectivity index (χ2v) is 5.53. The summed E-state index contributed by atoms with van der Waals surface area (Å²) in [4.78, 5) is 0. The molecular weight excluding hydrogens is 224 g/mol. The smallest absolute Gasteiger partial charge is 0.0827 e. The van der Waals surface area contributed by atoms with E-state index in [1.807, 2.05) is 0 Å². The molecule has 2 rings (SSSR count). The highest BCUT2D eigenvalue weighted by Gasteiger charge is 2.22. The van der Waals surface area contributed by atoms with Crippen molar-refractivity contribution in [2.45, 2.75) is 64.3 Å². The van der Waals surface area contributed by atoms with E-state index in [-0.39, 0.29) is 0 Å². The van der Waals surface area contributed by atoms with Gasteiger partial charge < -0.3 is 5.73 Å². The first kappa shape index (κ1) is 13.5. The number of unbranched alkanes of at least 4 members (excludes halogenated alkanes) is 1. The van der Waals surface area contributed by atoms with Gasteiger partial charge in [0, 0.05) is 6.20 Å². The number of aromatic nitrogens is 3. The first-order chi connectivity index (χ1) is 8.83. The van der Waals surface area contributed by atoms with Crippen molar-refractivity contribution in [3.05, 3.63) is 11.9 Å². The molecule has 0 aromatic carbocycles. The van der Waals surface area contributed by atoms with Crippen LogP contribution < -0.4 is 5.73 Å². The molecular formula is C14H26N4. The molecule has 1 aromatic rings.